The van der Waals surface area contributed by atoms with E-state index < -0.39 is 6.04 Å². The number of nitrogens with one attached hydrogen (secondary N) is 1. The lowest BCUT2D eigenvalue weighted by Gasteiger charge is -2.27. The van der Waals surface area contributed by atoms with Gasteiger partial charge in [0.05, 0.1) is 22.6 Å². The van der Waals surface area contributed by atoms with Gasteiger partial charge in [0.25, 0.3) is 5.56 Å². The van der Waals surface area contributed by atoms with Crippen molar-refractivity contribution in [2.75, 3.05) is 12.4 Å². The normalized spacial score (nSPS) is 11.9. The number of hydrogen-bond acceptors (Lipinski definition) is 3. The summed E-state index contributed by atoms with van der Waals surface area (Å²) in [6.07, 6.45) is 0. The molecule has 3 aromatic carbocycles. The molecule has 1 heterocycles. The average molecular weight is 461 g/mol. The van der Waals surface area contributed by atoms with Crippen LogP contribution in [0.25, 0.3) is 16.6 Å². The quantitative estimate of drug-likeness (QED) is 0.413. The molecule has 1 unspecified atom stereocenters. The Hall–Kier alpha value is -3.64. The van der Waals surface area contributed by atoms with Gasteiger partial charge in [-0.2, -0.15) is 0 Å². The fourth-order valence-electron chi connectivity index (χ4n) is 3.70. The van der Waals surface area contributed by atoms with Crippen molar-refractivity contribution in [1.82, 2.24) is 14.5 Å². The first kappa shape index (κ1) is 22.6. The van der Waals surface area contributed by atoms with Gasteiger partial charge in [-0.1, -0.05) is 47.5 Å². The van der Waals surface area contributed by atoms with E-state index in [1.807, 2.05) is 63.2 Å². The summed E-state index contributed by atoms with van der Waals surface area (Å²) in [6.45, 7) is 5.70. The van der Waals surface area contributed by atoms with Crippen molar-refractivity contribution in [1.29, 1.82) is 0 Å². The molecule has 0 spiro atoms. The maximum absolute atomic E-state index is 13.6. The van der Waals surface area contributed by atoms with Crippen LogP contribution in [0.15, 0.2) is 71.5 Å². The molecule has 0 saturated carbocycles. The summed E-state index contributed by atoms with van der Waals surface area (Å²) < 4.78 is 1.56. The van der Waals surface area contributed by atoms with Gasteiger partial charge in [-0.25, -0.2) is 9.78 Å². The molecule has 2 amide bonds. The van der Waals surface area contributed by atoms with Gasteiger partial charge in [0.2, 0.25) is 0 Å². The number of carbonyl (C=O) groups is 1. The molecule has 0 aliphatic carbocycles. The zero-order valence-electron chi connectivity index (χ0n) is 19.0. The lowest BCUT2D eigenvalue weighted by Crippen LogP contribution is -2.37. The number of para-hydroxylation sites is 1. The predicted octanol–water partition coefficient (Wildman–Crippen LogP) is 5.88. The summed E-state index contributed by atoms with van der Waals surface area (Å²) in [5.74, 6) is 0.450. The Morgan fingerprint density at radius 1 is 1.03 bits per heavy atom. The molecule has 6 nitrogen and oxygen atoms in total. The number of anilines is 1. The van der Waals surface area contributed by atoms with E-state index in [0.717, 1.165) is 11.1 Å². The Kier molecular flexibility index (Phi) is 6.20. The first-order valence-electron chi connectivity index (χ1n) is 10.7. The molecule has 168 valence electrons. The summed E-state index contributed by atoms with van der Waals surface area (Å²) in [7, 11) is 1.69. The second-order valence-electron chi connectivity index (χ2n) is 8.09. The molecule has 0 bridgehead atoms. The van der Waals surface area contributed by atoms with Crippen molar-refractivity contribution < 1.29 is 4.79 Å². The van der Waals surface area contributed by atoms with E-state index in [1.165, 1.54) is 4.90 Å². The summed E-state index contributed by atoms with van der Waals surface area (Å²) in [5, 5.41) is 3.95. The van der Waals surface area contributed by atoms with Crippen molar-refractivity contribution in [2.24, 2.45) is 0 Å². The van der Waals surface area contributed by atoms with Crippen LogP contribution < -0.4 is 10.9 Å². The van der Waals surface area contributed by atoms with Gasteiger partial charge in [-0.05, 0) is 62.7 Å². The molecule has 0 saturated heterocycles. The number of halogens is 1. The lowest BCUT2D eigenvalue weighted by molar-refractivity contribution is 0.205. The number of nitrogens with zero attached hydrogens (tertiary/aromatic N) is 3. The Balaban J connectivity index is 1.81. The van der Waals surface area contributed by atoms with Crippen LogP contribution in [-0.4, -0.2) is 27.5 Å². The topological polar surface area (TPSA) is 67.2 Å². The maximum atomic E-state index is 13.6. The van der Waals surface area contributed by atoms with Gasteiger partial charge in [-0.3, -0.25) is 9.36 Å². The number of aromatic nitrogens is 2. The molecule has 33 heavy (non-hydrogen) atoms. The summed E-state index contributed by atoms with van der Waals surface area (Å²) in [6, 6.07) is 19.4. The highest BCUT2D eigenvalue weighted by molar-refractivity contribution is 6.31. The zero-order valence-corrected chi connectivity index (χ0v) is 19.7. The molecule has 1 atom stereocenters. The van der Waals surface area contributed by atoms with E-state index in [0.29, 0.717) is 33.1 Å². The minimum atomic E-state index is -0.508. The van der Waals surface area contributed by atoms with Crippen molar-refractivity contribution >= 4 is 34.2 Å². The Morgan fingerprint density at radius 3 is 2.45 bits per heavy atom. The third kappa shape index (κ3) is 4.34. The van der Waals surface area contributed by atoms with Crippen molar-refractivity contribution in [3.63, 3.8) is 0 Å². The maximum Gasteiger partial charge on any atom is 0.322 e. The van der Waals surface area contributed by atoms with E-state index in [-0.39, 0.29) is 11.6 Å². The third-order valence-electron chi connectivity index (χ3n) is 5.86. The summed E-state index contributed by atoms with van der Waals surface area (Å²) in [4.78, 5) is 32.9. The Labute approximate surface area is 197 Å². The zero-order chi connectivity index (χ0) is 23.7. The molecule has 0 aliphatic heterocycles. The van der Waals surface area contributed by atoms with Gasteiger partial charge < -0.3 is 10.2 Å². The molecular weight excluding hydrogens is 436 g/mol. The molecule has 7 heteroatoms. The van der Waals surface area contributed by atoms with Crippen LogP contribution in [0.4, 0.5) is 10.5 Å². The number of hydrogen-bond donors (Lipinski definition) is 1. The highest BCUT2D eigenvalue weighted by atomic mass is 35.5. The van der Waals surface area contributed by atoms with E-state index in [9.17, 15) is 9.59 Å². The number of carbonyl (C=O) groups excluding carboxylic acids is 1. The number of urea groups is 1. The van der Waals surface area contributed by atoms with Crippen molar-refractivity contribution in [3.8, 4) is 5.69 Å². The highest BCUT2D eigenvalue weighted by Crippen LogP contribution is 2.27. The highest BCUT2D eigenvalue weighted by Gasteiger charge is 2.25. The van der Waals surface area contributed by atoms with Gasteiger partial charge in [0.15, 0.2) is 0 Å². The van der Waals surface area contributed by atoms with Crippen LogP contribution in [0.3, 0.4) is 0 Å². The predicted molar refractivity (Wildman–Crippen MR) is 133 cm³/mol. The second-order valence-corrected chi connectivity index (χ2v) is 8.50. The molecule has 0 radical (unpaired) electrons. The number of benzene rings is 3. The minimum Gasteiger partial charge on any atom is -0.318 e. The van der Waals surface area contributed by atoms with Crippen molar-refractivity contribution in [2.45, 2.75) is 26.8 Å². The van der Waals surface area contributed by atoms with E-state index >= 15 is 0 Å². The SMILES string of the molecule is Cc1ccc(NC(=O)N(C)C(C)c2nc3ccccc3c(=O)n2-c2cccc(Cl)c2C)cc1. The van der Waals surface area contributed by atoms with E-state index in [4.69, 9.17) is 16.6 Å². The van der Waals surface area contributed by atoms with Crippen LogP contribution >= 0.6 is 11.6 Å². The molecule has 4 rings (SSSR count). The van der Waals surface area contributed by atoms with Crippen LogP contribution in [-0.2, 0) is 0 Å². The largest absolute Gasteiger partial charge is 0.322 e. The molecule has 4 aromatic rings. The minimum absolute atomic E-state index is 0.208. The molecule has 0 fully saturated rings. The lowest BCUT2D eigenvalue weighted by atomic mass is 10.1. The number of aryl methyl sites for hydroxylation is 1. The fourth-order valence-corrected chi connectivity index (χ4v) is 3.87. The van der Waals surface area contributed by atoms with Crippen LogP contribution in [0.5, 0.6) is 0 Å². The molecule has 0 aliphatic rings. The second kappa shape index (κ2) is 9.08. The molecule has 1 N–H and O–H groups in total. The Bertz CT molecular complexity index is 1400. The van der Waals surface area contributed by atoms with Gasteiger partial charge >= 0.3 is 6.03 Å². The molecule has 1 aromatic heterocycles. The fraction of sp³-hybridized carbons (Fsp3) is 0.192. The van der Waals surface area contributed by atoms with Gasteiger partial charge in [-0.15, -0.1) is 0 Å². The van der Waals surface area contributed by atoms with Crippen LogP contribution in [0, 0.1) is 13.8 Å². The first-order chi connectivity index (χ1) is 15.8. The molecular formula is C26H25ClN4O2. The summed E-state index contributed by atoms with van der Waals surface area (Å²) >= 11 is 6.37. The smallest absolute Gasteiger partial charge is 0.318 e. The number of fused-ring (bicyclic) bond motifs is 1. The van der Waals surface area contributed by atoms with Crippen LogP contribution in [0.2, 0.25) is 5.02 Å². The van der Waals surface area contributed by atoms with E-state index in [2.05, 4.69) is 5.32 Å². The van der Waals surface area contributed by atoms with E-state index in [1.54, 1.807) is 35.9 Å². The monoisotopic (exact) mass is 460 g/mol. The van der Waals surface area contributed by atoms with Gasteiger partial charge in [0.1, 0.15) is 5.82 Å². The number of rotatable bonds is 4. The Morgan fingerprint density at radius 2 is 1.73 bits per heavy atom. The third-order valence-corrected chi connectivity index (χ3v) is 6.27. The first-order valence-corrected chi connectivity index (χ1v) is 11.0. The number of amides is 2. The van der Waals surface area contributed by atoms with Crippen molar-refractivity contribution in [3.05, 3.63) is 99.1 Å². The standard InChI is InChI=1S/C26H25ClN4O2/c1-16-12-14-19(15-13-16)28-26(33)30(4)18(3)24-29-22-10-6-5-8-20(22)25(32)31(24)23-11-7-9-21(27)17(23)2/h5-15,18H,1-4H3,(H,28,33). The average Bonchev–Trinajstić information content (AvgIpc) is 2.81. The van der Waals surface area contributed by atoms with Crippen LogP contribution in [0.1, 0.15) is 29.9 Å². The van der Waals surface area contributed by atoms with Gasteiger partial charge in [0, 0.05) is 17.8 Å². The summed E-state index contributed by atoms with van der Waals surface area (Å²) in [5.41, 5.74) is 3.57.